The van der Waals surface area contributed by atoms with E-state index in [1.54, 1.807) is 47.2 Å². The van der Waals surface area contributed by atoms with Crippen LogP contribution in [0.3, 0.4) is 0 Å². The van der Waals surface area contributed by atoms with Gasteiger partial charge in [0.1, 0.15) is 0 Å². The van der Waals surface area contributed by atoms with E-state index in [0.717, 1.165) is 22.5 Å². The van der Waals surface area contributed by atoms with Gasteiger partial charge in [-0.15, -0.1) is 0 Å². The highest BCUT2D eigenvalue weighted by molar-refractivity contribution is 8.00. The average Bonchev–Trinajstić information content (AvgIpc) is 3.25. The molecule has 0 radical (unpaired) electrons. The van der Waals surface area contributed by atoms with Crippen LogP contribution in [0.1, 0.15) is 22.5 Å². The highest BCUT2D eigenvalue weighted by atomic mass is 32.2. The van der Waals surface area contributed by atoms with Crippen molar-refractivity contribution in [1.29, 1.82) is 0 Å². The van der Waals surface area contributed by atoms with E-state index < -0.39 is 11.0 Å². The number of para-hydroxylation sites is 1. The summed E-state index contributed by atoms with van der Waals surface area (Å²) in [5.74, 6) is 0. The first-order chi connectivity index (χ1) is 17.5. The van der Waals surface area contributed by atoms with Crippen molar-refractivity contribution >= 4 is 47.8 Å². The maximum atomic E-state index is 12.6. The Balaban J connectivity index is 1.55. The van der Waals surface area contributed by atoms with Crippen LogP contribution >= 0.6 is 23.5 Å². The van der Waals surface area contributed by atoms with Crippen molar-refractivity contribution in [3.8, 4) is 5.69 Å². The molecule has 10 heteroatoms. The molecule has 4 aromatic rings. The minimum Gasteiger partial charge on any atom is -0.233 e. The predicted octanol–water partition coefficient (Wildman–Crippen LogP) is 9.44. The molecule has 0 fully saturated rings. The van der Waals surface area contributed by atoms with Crippen LogP contribution in [0.15, 0.2) is 94.7 Å². The van der Waals surface area contributed by atoms with Gasteiger partial charge in [0.25, 0.3) is 0 Å². The molecule has 0 atom stereocenters. The van der Waals surface area contributed by atoms with Gasteiger partial charge in [-0.05, 0) is 89.3 Å². The number of aromatic nitrogens is 2. The standard InChI is InChI=1S/C27H18F6N2S2/c28-26(29,30)36-24-14-8-19(9-15-24)6-12-21-18-23(35(34-21)22-4-2-1-3-5-22)13-7-20-10-16-25(17-11-20)37-27(31,32)33/h1-18H/b12-6+,13-7+. The van der Waals surface area contributed by atoms with Gasteiger partial charge < -0.3 is 0 Å². The first-order valence-corrected chi connectivity index (χ1v) is 12.4. The summed E-state index contributed by atoms with van der Waals surface area (Å²) >= 11 is -0.328. The van der Waals surface area contributed by atoms with Crippen LogP contribution in [-0.4, -0.2) is 20.8 Å². The van der Waals surface area contributed by atoms with Gasteiger partial charge in [-0.3, -0.25) is 0 Å². The third kappa shape index (κ3) is 8.33. The number of rotatable bonds is 7. The maximum absolute atomic E-state index is 12.6. The van der Waals surface area contributed by atoms with Gasteiger partial charge in [0.2, 0.25) is 0 Å². The summed E-state index contributed by atoms with van der Waals surface area (Å²) in [4.78, 5) is 0.215. The van der Waals surface area contributed by atoms with Gasteiger partial charge in [0, 0.05) is 9.79 Å². The Morgan fingerprint density at radius 3 is 1.57 bits per heavy atom. The van der Waals surface area contributed by atoms with E-state index in [-0.39, 0.29) is 33.3 Å². The molecule has 1 aromatic heterocycles. The Morgan fingerprint density at radius 2 is 1.08 bits per heavy atom. The van der Waals surface area contributed by atoms with Crippen LogP contribution in [0.2, 0.25) is 0 Å². The molecular weight excluding hydrogens is 530 g/mol. The Hall–Kier alpha value is -3.37. The van der Waals surface area contributed by atoms with Crippen LogP contribution in [0, 0.1) is 0 Å². The van der Waals surface area contributed by atoms with Crippen molar-refractivity contribution in [1.82, 2.24) is 9.78 Å². The Labute approximate surface area is 217 Å². The van der Waals surface area contributed by atoms with Gasteiger partial charge in [-0.2, -0.15) is 31.4 Å². The zero-order chi connectivity index (χ0) is 26.5. The minimum absolute atomic E-state index is 0.107. The van der Waals surface area contributed by atoms with Gasteiger partial charge in [0.15, 0.2) is 0 Å². The van der Waals surface area contributed by atoms with E-state index in [1.165, 1.54) is 24.3 Å². The van der Waals surface area contributed by atoms with Crippen molar-refractivity contribution in [2.24, 2.45) is 0 Å². The Morgan fingerprint density at radius 1 is 0.595 bits per heavy atom. The number of nitrogens with zero attached hydrogens (tertiary/aromatic N) is 2. The molecule has 0 N–H and O–H groups in total. The number of benzene rings is 3. The molecule has 1 heterocycles. The molecule has 0 unspecified atom stereocenters. The lowest BCUT2D eigenvalue weighted by Crippen LogP contribution is -1.99. The molecule has 190 valence electrons. The fourth-order valence-electron chi connectivity index (χ4n) is 3.32. The number of halogens is 6. The fraction of sp³-hybridized carbons (Fsp3) is 0.0741. The molecule has 0 aliphatic carbocycles. The van der Waals surface area contributed by atoms with Crippen molar-refractivity contribution < 1.29 is 26.3 Å². The number of hydrogen-bond donors (Lipinski definition) is 0. The first kappa shape index (κ1) is 26.7. The summed E-state index contributed by atoms with van der Waals surface area (Å²) in [5, 5.41) is 4.63. The zero-order valence-electron chi connectivity index (χ0n) is 18.9. The van der Waals surface area contributed by atoms with Crippen LogP contribution in [-0.2, 0) is 0 Å². The molecule has 3 aromatic carbocycles. The summed E-state index contributed by atoms with van der Waals surface area (Å²) in [7, 11) is 0. The summed E-state index contributed by atoms with van der Waals surface area (Å²) in [6, 6.07) is 23.3. The maximum Gasteiger partial charge on any atom is 0.446 e. The average molecular weight is 549 g/mol. The lowest BCUT2D eigenvalue weighted by molar-refractivity contribution is -0.0337. The first-order valence-electron chi connectivity index (χ1n) is 10.8. The molecule has 0 bridgehead atoms. The Bertz CT molecular complexity index is 1370. The molecule has 4 rings (SSSR count). The quantitative estimate of drug-likeness (QED) is 0.169. The number of hydrogen-bond acceptors (Lipinski definition) is 3. The number of alkyl halides is 6. The SMILES string of the molecule is FC(F)(F)Sc1ccc(/C=C/c2cc(/C=C/c3ccc(SC(F)(F)F)cc3)n(-c3ccccc3)n2)cc1. The normalized spacial score (nSPS) is 12.6. The van der Waals surface area contributed by atoms with Gasteiger partial charge >= 0.3 is 11.0 Å². The van der Waals surface area contributed by atoms with Crippen molar-refractivity contribution in [2.75, 3.05) is 0 Å². The fourth-order valence-corrected chi connectivity index (χ4v) is 4.39. The van der Waals surface area contributed by atoms with Crippen LogP contribution in [0.25, 0.3) is 30.0 Å². The summed E-state index contributed by atoms with van der Waals surface area (Å²) in [5.41, 5.74) is -5.07. The van der Waals surface area contributed by atoms with Gasteiger partial charge in [0.05, 0.1) is 17.1 Å². The van der Waals surface area contributed by atoms with Crippen LogP contribution in [0.4, 0.5) is 26.3 Å². The van der Waals surface area contributed by atoms with Crippen LogP contribution in [0.5, 0.6) is 0 Å². The van der Waals surface area contributed by atoms with E-state index in [9.17, 15) is 26.3 Å². The third-order valence-corrected chi connectivity index (χ3v) is 6.36. The van der Waals surface area contributed by atoms with Crippen molar-refractivity contribution in [2.45, 2.75) is 20.8 Å². The Kier molecular flexibility index (Phi) is 8.19. The van der Waals surface area contributed by atoms with E-state index in [1.807, 2.05) is 42.5 Å². The van der Waals surface area contributed by atoms with Gasteiger partial charge in [-0.25, -0.2) is 4.68 Å². The minimum atomic E-state index is -4.34. The van der Waals surface area contributed by atoms with Gasteiger partial charge in [-0.1, -0.05) is 54.6 Å². The van der Waals surface area contributed by atoms with E-state index in [2.05, 4.69) is 5.10 Å². The lowest BCUT2D eigenvalue weighted by atomic mass is 10.2. The largest absolute Gasteiger partial charge is 0.446 e. The second-order valence-corrected chi connectivity index (χ2v) is 9.92. The smallest absolute Gasteiger partial charge is 0.233 e. The van der Waals surface area contributed by atoms with Crippen molar-refractivity contribution in [3.05, 3.63) is 107 Å². The highest BCUT2D eigenvalue weighted by Crippen LogP contribution is 2.37. The molecule has 2 nitrogen and oxygen atoms in total. The summed E-state index contributed by atoms with van der Waals surface area (Å²) in [6.45, 7) is 0. The molecule has 0 aliphatic rings. The topological polar surface area (TPSA) is 17.8 Å². The molecule has 0 saturated heterocycles. The van der Waals surface area contributed by atoms with E-state index >= 15 is 0 Å². The molecule has 37 heavy (non-hydrogen) atoms. The number of thioether (sulfide) groups is 2. The van der Waals surface area contributed by atoms with E-state index in [0.29, 0.717) is 5.69 Å². The molecule has 0 amide bonds. The van der Waals surface area contributed by atoms with Crippen molar-refractivity contribution in [3.63, 3.8) is 0 Å². The predicted molar refractivity (Wildman–Crippen MR) is 138 cm³/mol. The molecule has 0 saturated carbocycles. The van der Waals surface area contributed by atoms with Crippen LogP contribution < -0.4 is 0 Å². The molecule has 0 spiro atoms. The second kappa shape index (κ2) is 11.4. The monoisotopic (exact) mass is 548 g/mol. The summed E-state index contributed by atoms with van der Waals surface area (Å²) < 4.78 is 77.0. The zero-order valence-corrected chi connectivity index (χ0v) is 20.5. The third-order valence-electron chi connectivity index (χ3n) is 4.88. The summed E-state index contributed by atoms with van der Waals surface area (Å²) in [6.07, 6.45) is 7.10. The second-order valence-electron chi connectivity index (χ2n) is 7.64. The lowest BCUT2D eigenvalue weighted by Gasteiger charge is -2.05. The van der Waals surface area contributed by atoms with E-state index in [4.69, 9.17) is 0 Å². The highest BCUT2D eigenvalue weighted by Gasteiger charge is 2.29. The molecule has 0 aliphatic heterocycles. The molecular formula is C27H18F6N2S2.